The monoisotopic (exact) mass is 579 g/mol. The summed E-state index contributed by atoms with van der Waals surface area (Å²) >= 11 is 12.7. The zero-order valence-corrected chi connectivity index (χ0v) is 24.5. The normalized spacial score (nSPS) is 20.9. The van der Waals surface area contributed by atoms with Crippen LogP contribution in [0.2, 0.25) is 10.0 Å². The number of aryl methyl sites for hydroxylation is 2. The molecule has 0 saturated carbocycles. The van der Waals surface area contributed by atoms with Gasteiger partial charge in [-0.3, -0.25) is 9.59 Å². The Kier molecular flexibility index (Phi) is 8.25. The smallest absolute Gasteiger partial charge is 0.255 e. The highest BCUT2D eigenvalue weighted by Gasteiger charge is 2.45. The zero-order valence-electron chi connectivity index (χ0n) is 23.0. The molecule has 2 saturated heterocycles. The number of hydrogen-bond acceptors (Lipinski definition) is 4. The number of primary amides is 1. The second-order valence-electron chi connectivity index (χ2n) is 11.2. The molecule has 0 spiro atoms. The van der Waals surface area contributed by atoms with E-state index in [2.05, 4.69) is 11.0 Å². The van der Waals surface area contributed by atoms with Crippen LogP contribution >= 0.6 is 23.2 Å². The van der Waals surface area contributed by atoms with Crippen LogP contribution in [0.4, 0.5) is 0 Å². The minimum Gasteiger partial charge on any atom is -0.369 e. The number of hydrogen-bond donors (Lipinski definition) is 1. The van der Waals surface area contributed by atoms with Crippen molar-refractivity contribution < 1.29 is 14.3 Å². The molecule has 0 bridgehead atoms. The van der Waals surface area contributed by atoms with E-state index in [1.54, 1.807) is 11.0 Å². The molecule has 0 aliphatic carbocycles. The van der Waals surface area contributed by atoms with Crippen LogP contribution in [0, 0.1) is 13.8 Å². The van der Waals surface area contributed by atoms with E-state index in [1.165, 1.54) is 0 Å². The molecule has 40 heavy (non-hydrogen) atoms. The third-order valence-electron chi connectivity index (χ3n) is 8.48. The molecule has 2 aliphatic heterocycles. The summed E-state index contributed by atoms with van der Waals surface area (Å²) in [7, 11) is 0. The number of amides is 2. The molecule has 2 amide bonds. The highest BCUT2D eigenvalue weighted by atomic mass is 35.5. The van der Waals surface area contributed by atoms with E-state index in [1.807, 2.05) is 68.4 Å². The third kappa shape index (κ3) is 5.64. The van der Waals surface area contributed by atoms with Gasteiger partial charge in [0, 0.05) is 12.1 Å². The number of piperidine rings is 1. The Hall–Kier alpha value is -2.90. The molecular formula is C32H35Cl2N3O3. The van der Waals surface area contributed by atoms with E-state index in [4.69, 9.17) is 33.7 Å². The summed E-state index contributed by atoms with van der Waals surface area (Å²) in [6.45, 7) is 6.78. The van der Waals surface area contributed by atoms with Crippen molar-refractivity contribution >= 4 is 35.0 Å². The predicted molar refractivity (Wildman–Crippen MR) is 159 cm³/mol. The minimum atomic E-state index is -0.736. The average molecular weight is 581 g/mol. The fourth-order valence-corrected chi connectivity index (χ4v) is 6.49. The van der Waals surface area contributed by atoms with E-state index >= 15 is 0 Å². The quantitative estimate of drug-likeness (QED) is 0.381. The van der Waals surface area contributed by atoms with Crippen molar-refractivity contribution in [3.8, 4) is 0 Å². The second kappa shape index (κ2) is 11.5. The first-order valence-electron chi connectivity index (χ1n) is 13.7. The number of rotatable bonds is 7. The molecule has 8 heteroatoms. The lowest BCUT2D eigenvalue weighted by Gasteiger charge is -2.41. The van der Waals surface area contributed by atoms with Gasteiger partial charge in [0.15, 0.2) is 0 Å². The van der Waals surface area contributed by atoms with Crippen molar-refractivity contribution in [2.24, 2.45) is 5.73 Å². The molecule has 0 aromatic heterocycles. The van der Waals surface area contributed by atoms with Gasteiger partial charge in [0.05, 0.1) is 22.0 Å². The van der Waals surface area contributed by atoms with Gasteiger partial charge < -0.3 is 20.3 Å². The van der Waals surface area contributed by atoms with Crippen molar-refractivity contribution in [3.63, 3.8) is 0 Å². The molecule has 3 aromatic rings. The van der Waals surface area contributed by atoms with Crippen LogP contribution in [0.25, 0.3) is 0 Å². The van der Waals surface area contributed by atoms with Crippen molar-refractivity contribution in [3.05, 3.63) is 105 Å². The van der Waals surface area contributed by atoms with E-state index in [0.717, 1.165) is 41.9 Å². The van der Waals surface area contributed by atoms with Crippen LogP contribution < -0.4 is 5.73 Å². The molecule has 2 fully saturated rings. The fourth-order valence-electron chi connectivity index (χ4n) is 6.19. The summed E-state index contributed by atoms with van der Waals surface area (Å²) in [6.07, 6.45) is 1.96. The SMILES string of the molecule is Cc1cc(C)cc(C(=O)N2CO[C@](CCN3CCC(C(N)=O)(c4ccccc4)CC3)(c3ccc(Cl)c(Cl)c3)C2)c1. The minimum absolute atomic E-state index is 0.0548. The molecule has 2 N–H and O–H groups in total. The van der Waals surface area contributed by atoms with Gasteiger partial charge >= 0.3 is 0 Å². The van der Waals surface area contributed by atoms with Crippen LogP contribution in [0.5, 0.6) is 0 Å². The largest absolute Gasteiger partial charge is 0.369 e. The Morgan fingerprint density at radius 2 is 1.57 bits per heavy atom. The molecule has 210 valence electrons. The highest BCUT2D eigenvalue weighted by molar-refractivity contribution is 6.42. The first-order valence-corrected chi connectivity index (χ1v) is 14.4. The first-order chi connectivity index (χ1) is 19.1. The van der Waals surface area contributed by atoms with Gasteiger partial charge in [-0.1, -0.05) is 76.8 Å². The molecule has 0 unspecified atom stereocenters. The highest BCUT2D eigenvalue weighted by Crippen LogP contribution is 2.40. The Bertz CT molecular complexity index is 1390. The number of halogens is 2. The number of likely N-dealkylation sites (tertiary alicyclic amines) is 1. The summed E-state index contributed by atoms with van der Waals surface area (Å²) in [5.41, 5.74) is 9.19. The van der Waals surface area contributed by atoms with E-state index in [-0.39, 0.29) is 18.5 Å². The predicted octanol–water partition coefficient (Wildman–Crippen LogP) is 5.84. The van der Waals surface area contributed by atoms with Crippen molar-refractivity contribution in [1.82, 2.24) is 9.80 Å². The zero-order chi connectivity index (χ0) is 28.5. The number of nitrogens with zero attached hydrogens (tertiary/aromatic N) is 2. The average Bonchev–Trinajstić information content (AvgIpc) is 3.39. The molecule has 2 aliphatic rings. The Balaban J connectivity index is 1.34. The van der Waals surface area contributed by atoms with Gasteiger partial charge in [0.25, 0.3) is 5.91 Å². The maximum atomic E-state index is 13.5. The van der Waals surface area contributed by atoms with Gasteiger partial charge in [0.1, 0.15) is 12.3 Å². The lowest BCUT2D eigenvalue weighted by atomic mass is 9.72. The van der Waals surface area contributed by atoms with Crippen LogP contribution in [0.1, 0.15) is 51.9 Å². The fraction of sp³-hybridized carbons (Fsp3) is 0.375. The molecule has 2 heterocycles. The van der Waals surface area contributed by atoms with Crippen molar-refractivity contribution in [2.75, 3.05) is 32.9 Å². The Labute approximate surface area is 246 Å². The van der Waals surface area contributed by atoms with Gasteiger partial charge in [-0.25, -0.2) is 0 Å². The molecule has 6 nitrogen and oxygen atoms in total. The summed E-state index contributed by atoms with van der Waals surface area (Å²) < 4.78 is 6.48. The Morgan fingerprint density at radius 1 is 0.900 bits per heavy atom. The number of ether oxygens (including phenoxy) is 1. The van der Waals surface area contributed by atoms with Crippen LogP contribution in [0.15, 0.2) is 66.7 Å². The van der Waals surface area contributed by atoms with Crippen LogP contribution in [-0.4, -0.2) is 54.5 Å². The van der Waals surface area contributed by atoms with Crippen molar-refractivity contribution in [2.45, 2.75) is 44.1 Å². The second-order valence-corrected chi connectivity index (χ2v) is 12.0. The molecular weight excluding hydrogens is 545 g/mol. The van der Waals surface area contributed by atoms with Gasteiger partial charge in [-0.15, -0.1) is 0 Å². The van der Waals surface area contributed by atoms with Crippen molar-refractivity contribution in [1.29, 1.82) is 0 Å². The molecule has 0 radical (unpaired) electrons. The lowest BCUT2D eigenvalue weighted by Crippen LogP contribution is -2.50. The standard InChI is InChI=1S/C32H35Cl2N3O3/c1-22-16-23(2)18-24(17-22)29(38)37-20-32(40-21-37,26-8-9-27(33)28(34)19-26)12-15-36-13-10-31(11-14-36,30(35)39)25-6-4-3-5-7-25/h3-9,16-19H,10-15,20-21H2,1-2H3,(H2,35,39)/t32-/m0/s1. The van der Waals surface area contributed by atoms with E-state index < -0.39 is 11.0 Å². The number of carbonyl (C=O) groups excluding carboxylic acids is 2. The maximum Gasteiger partial charge on any atom is 0.255 e. The third-order valence-corrected chi connectivity index (χ3v) is 9.22. The summed E-state index contributed by atoms with van der Waals surface area (Å²) in [5.74, 6) is -0.328. The molecule has 3 aromatic carbocycles. The number of carbonyl (C=O) groups is 2. The topological polar surface area (TPSA) is 75.9 Å². The number of benzene rings is 3. The van der Waals surface area contributed by atoms with Gasteiger partial charge in [0.2, 0.25) is 5.91 Å². The van der Waals surface area contributed by atoms with Crippen LogP contribution in [0.3, 0.4) is 0 Å². The first kappa shape index (κ1) is 28.6. The maximum absolute atomic E-state index is 13.5. The summed E-state index contributed by atoms with van der Waals surface area (Å²) in [4.78, 5) is 30.3. The van der Waals surface area contributed by atoms with E-state index in [0.29, 0.717) is 41.4 Å². The van der Waals surface area contributed by atoms with E-state index in [9.17, 15) is 9.59 Å². The van der Waals surface area contributed by atoms with Gasteiger partial charge in [-0.2, -0.15) is 0 Å². The number of nitrogens with two attached hydrogens (primary N) is 1. The summed E-state index contributed by atoms with van der Waals surface area (Å²) in [5, 5.41) is 0.926. The Morgan fingerprint density at radius 3 is 2.20 bits per heavy atom. The van der Waals surface area contributed by atoms with Gasteiger partial charge in [-0.05, 0) is 81.6 Å². The molecule has 5 rings (SSSR count). The molecule has 1 atom stereocenters. The lowest BCUT2D eigenvalue weighted by molar-refractivity contribution is -0.125. The van der Waals surface area contributed by atoms with Crippen LogP contribution in [-0.2, 0) is 20.5 Å². The summed E-state index contributed by atoms with van der Waals surface area (Å²) in [6, 6.07) is 21.3.